The first-order valence-corrected chi connectivity index (χ1v) is 9.99. The second-order valence-electron chi connectivity index (χ2n) is 9.40. The molecule has 1 aliphatic carbocycles. The number of nitrogens with zero attached hydrogens (tertiary/aromatic N) is 1. The minimum absolute atomic E-state index is 0.0720. The van der Waals surface area contributed by atoms with E-state index in [1.807, 2.05) is 45.9 Å². The van der Waals surface area contributed by atoms with E-state index in [4.69, 9.17) is 11.6 Å². The highest BCUT2D eigenvalue weighted by Gasteiger charge is 2.54. The lowest BCUT2D eigenvalue weighted by atomic mass is 9.57. The molecule has 1 spiro atoms. The van der Waals surface area contributed by atoms with Gasteiger partial charge in [0.15, 0.2) is 0 Å². The van der Waals surface area contributed by atoms with Crippen LogP contribution in [0.25, 0.3) is 0 Å². The van der Waals surface area contributed by atoms with Crippen molar-refractivity contribution in [2.75, 3.05) is 19.6 Å². The number of carbonyl (C=O) groups is 2. The Balaban J connectivity index is 1.37. The molecule has 5 nitrogen and oxygen atoms in total. The molecule has 3 rings (SSSR count). The first kappa shape index (κ1) is 20.2. The van der Waals surface area contributed by atoms with Crippen molar-refractivity contribution in [2.45, 2.75) is 52.6 Å². The van der Waals surface area contributed by atoms with E-state index in [2.05, 4.69) is 15.5 Å². The van der Waals surface area contributed by atoms with Crippen LogP contribution in [0.15, 0.2) is 18.2 Å². The van der Waals surface area contributed by atoms with Crippen molar-refractivity contribution < 1.29 is 9.59 Å². The van der Waals surface area contributed by atoms with Gasteiger partial charge in [-0.15, -0.1) is 0 Å². The molecule has 0 atom stereocenters. The van der Waals surface area contributed by atoms with Gasteiger partial charge < -0.3 is 10.6 Å². The van der Waals surface area contributed by atoms with Crippen molar-refractivity contribution in [3.05, 3.63) is 34.3 Å². The van der Waals surface area contributed by atoms with Gasteiger partial charge in [0.2, 0.25) is 11.8 Å². The Labute approximate surface area is 166 Å². The molecule has 1 saturated carbocycles. The number of nitrogens with one attached hydrogen (secondary N) is 2. The van der Waals surface area contributed by atoms with Gasteiger partial charge in [-0.3, -0.25) is 14.5 Å². The maximum Gasteiger partial charge on any atom is 0.234 e. The third kappa shape index (κ3) is 5.23. The normalized spacial score (nSPS) is 19.3. The van der Waals surface area contributed by atoms with Crippen LogP contribution in [0.4, 0.5) is 0 Å². The lowest BCUT2D eigenvalue weighted by Gasteiger charge is -2.58. The van der Waals surface area contributed by atoms with Gasteiger partial charge in [0.1, 0.15) is 0 Å². The molecule has 148 valence electrons. The zero-order valence-corrected chi connectivity index (χ0v) is 17.4. The van der Waals surface area contributed by atoms with Crippen LogP contribution in [-0.4, -0.2) is 41.9 Å². The molecule has 27 heavy (non-hydrogen) atoms. The Morgan fingerprint density at radius 2 is 1.89 bits per heavy atom. The quantitative estimate of drug-likeness (QED) is 0.811. The summed E-state index contributed by atoms with van der Waals surface area (Å²) in [6.07, 6.45) is 1.84. The predicted molar refractivity (Wildman–Crippen MR) is 108 cm³/mol. The van der Waals surface area contributed by atoms with Crippen molar-refractivity contribution >= 4 is 23.4 Å². The summed E-state index contributed by atoms with van der Waals surface area (Å²) >= 11 is 6.07. The van der Waals surface area contributed by atoms with Crippen LogP contribution < -0.4 is 10.6 Å². The molecule has 6 heteroatoms. The van der Waals surface area contributed by atoms with Crippen molar-refractivity contribution in [1.82, 2.24) is 15.5 Å². The summed E-state index contributed by atoms with van der Waals surface area (Å²) in [5.41, 5.74) is 2.18. The second kappa shape index (κ2) is 7.44. The molecule has 2 aliphatic rings. The zero-order valence-electron chi connectivity index (χ0n) is 16.7. The summed E-state index contributed by atoms with van der Waals surface area (Å²) in [6, 6.07) is 5.84. The van der Waals surface area contributed by atoms with Gasteiger partial charge >= 0.3 is 0 Å². The summed E-state index contributed by atoms with van der Waals surface area (Å²) in [5, 5.41) is 6.73. The lowest BCUT2D eigenvalue weighted by molar-refractivity contribution is -0.148. The highest BCUT2D eigenvalue weighted by molar-refractivity contribution is 6.30. The van der Waals surface area contributed by atoms with Crippen LogP contribution in [-0.2, 0) is 16.1 Å². The van der Waals surface area contributed by atoms with E-state index in [1.165, 1.54) is 0 Å². The summed E-state index contributed by atoms with van der Waals surface area (Å²) in [4.78, 5) is 26.6. The Hall–Kier alpha value is -1.59. The molecule has 0 unspecified atom stereocenters. The number of hydrogen-bond acceptors (Lipinski definition) is 3. The molecule has 1 heterocycles. The number of halogens is 1. The fraction of sp³-hybridized carbons (Fsp3) is 0.619. The molecule has 1 aromatic carbocycles. The number of benzene rings is 1. The van der Waals surface area contributed by atoms with Crippen LogP contribution in [0.3, 0.4) is 0 Å². The molecule has 2 fully saturated rings. The molecule has 0 aromatic heterocycles. The number of rotatable bonds is 5. The van der Waals surface area contributed by atoms with E-state index in [-0.39, 0.29) is 28.7 Å². The Kier molecular flexibility index (Phi) is 5.55. The van der Waals surface area contributed by atoms with E-state index in [1.54, 1.807) is 0 Å². The molecule has 1 aliphatic heterocycles. The Morgan fingerprint density at radius 3 is 2.48 bits per heavy atom. The fourth-order valence-corrected chi connectivity index (χ4v) is 4.66. The van der Waals surface area contributed by atoms with Gasteiger partial charge in [-0.25, -0.2) is 0 Å². The number of carbonyl (C=O) groups excluding carboxylic acids is 2. The Morgan fingerprint density at radius 1 is 1.22 bits per heavy atom. The third-order valence-corrected chi connectivity index (χ3v) is 5.52. The monoisotopic (exact) mass is 391 g/mol. The van der Waals surface area contributed by atoms with Gasteiger partial charge in [0.25, 0.3) is 0 Å². The average molecular weight is 392 g/mol. The first-order valence-electron chi connectivity index (χ1n) is 9.61. The highest BCUT2D eigenvalue weighted by Crippen LogP contribution is 2.51. The van der Waals surface area contributed by atoms with Crippen LogP contribution in [0.1, 0.15) is 44.7 Å². The van der Waals surface area contributed by atoms with Gasteiger partial charge in [0.05, 0.1) is 6.54 Å². The van der Waals surface area contributed by atoms with Crippen LogP contribution in [0, 0.1) is 18.3 Å². The molecule has 2 N–H and O–H groups in total. The summed E-state index contributed by atoms with van der Waals surface area (Å²) in [6.45, 7) is 10.8. The SMILES string of the molecule is Cc1cc(Cl)cc(CNC(=O)C2CC3(C2)CN(CC(=O)NC(C)(C)C)C3)c1. The van der Waals surface area contributed by atoms with E-state index in [0.29, 0.717) is 18.1 Å². The molecular formula is C21H30ClN3O2. The van der Waals surface area contributed by atoms with Crippen molar-refractivity contribution in [3.8, 4) is 0 Å². The summed E-state index contributed by atoms with van der Waals surface area (Å²) in [5.74, 6) is 0.292. The van der Waals surface area contributed by atoms with Gasteiger partial charge in [-0.1, -0.05) is 17.7 Å². The van der Waals surface area contributed by atoms with E-state index in [9.17, 15) is 9.59 Å². The van der Waals surface area contributed by atoms with Crippen molar-refractivity contribution in [2.24, 2.45) is 11.3 Å². The standard InChI is InChI=1S/C21H30ClN3O2/c1-14-5-15(7-17(22)6-14)10-23-19(27)16-8-21(9-16)12-25(13-21)11-18(26)24-20(2,3)4/h5-7,16H,8-13H2,1-4H3,(H,23,27)(H,24,26). The van der Waals surface area contributed by atoms with Crippen LogP contribution in [0.5, 0.6) is 0 Å². The van der Waals surface area contributed by atoms with Gasteiger partial charge in [-0.2, -0.15) is 0 Å². The van der Waals surface area contributed by atoms with Crippen LogP contribution >= 0.6 is 11.6 Å². The maximum absolute atomic E-state index is 12.4. The van der Waals surface area contributed by atoms with E-state index in [0.717, 1.165) is 37.1 Å². The summed E-state index contributed by atoms with van der Waals surface area (Å²) in [7, 11) is 0. The van der Waals surface area contributed by atoms with Gasteiger partial charge in [0, 0.05) is 36.1 Å². The largest absolute Gasteiger partial charge is 0.352 e. The van der Waals surface area contributed by atoms with Crippen molar-refractivity contribution in [1.29, 1.82) is 0 Å². The molecule has 1 aromatic rings. The fourth-order valence-electron chi connectivity index (χ4n) is 4.35. The maximum atomic E-state index is 12.4. The minimum Gasteiger partial charge on any atom is -0.352 e. The number of aryl methyl sites for hydroxylation is 1. The lowest BCUT2D eigenvalue weighted by Crippen LogP contribution is -2.65. The van der Waals surface area contributed by atoms with Gasteiger partial charge in [-0.05, 0) is 69.2 Å². The number of likely N-dealkylation sites (tertiary alicyclic amines) is 1. The number of amides is 2. The van der Waals surface area contributed by atoms with Crippen molar-refractivity contribution in [3.63, 3.8) is 0 Å². The van der Waals surface area contributed by atoms with Crippen LogP contribution in [0.2, 0.25) is 5.02 Å². The first-order chi connectivity index (χ1) is 12.5. The molecular weight excluding hydrogens is 362 g/mol. The molecule has 2 amide bonds. The smallest absolute Gasteiger partial charge is 0.234 e. The third-order valence-electron chi connectivity index (χ3n) is 5.30. The molecule has 0 bridgehead atoms. The second-order valence-corrected chi connectivity index (χ2v) is 9.84. The Bertz CT molecular complexity index is 707. The molecule has 1 saturated heterocycles. The predicted octanol–water partition coefficient (Wildman–Crippen LogP) is 2.89. The average Bonchev–Trinajstić information content (AvgIpc) is 2.43. The number of hydrogen-bond donors (Lipinski definition) is 2. The molecule has 0 radical (unpaired) electrons. The topological polar surface area (TPSA) is 61.4 Å². The minimum atomic E-state index is -0.194. The summed E-state index contributed by atoms with van der Waals surface area (Å²) < 4.78 is 0. The van der Waals surface area contributed by atoms with E-state index >= 15 is 0 Å². The highest BCUT2D eigenvalue weighted by atomic mass is 35.5. The van der Waals surface area contributed by atoms with E-state index < -0.39 is 0 Å². The zero-order chi connectivity index (χ0) is 19.8.